The Balaban J connectivity index is 3.44. The largest absolute Gasteiger partial charge is 0.573 e. The van der Waals surface area contributed by atoms with Crippen LogP contribution in [-0.2, 0) is 11.5 Å². The standard InChI is InChI=1S/C9H6BrF6NO2/c1-18-6-5(19-9(14,15)16)2-4(3-10)17-7(6)8(11,12)13/h2H,3H2,1H3. The van der Waals surface area contributed by atoms with E-state index >= 15 is 0 Å². The van der Waals surface area contributed by atoms with Crippen LogP contribution in [0.5, 0.6) is 11.5 Å². The zero-order chi connectivity index (χ0) is 14.8. The molecular formula is C9H6BrF6NO2. The minimum Gasteiger partial charge on any atom is -0.491 e. The smallest absolute Gasteiger partial charge is 0.491 e. The third kappa shape index (κ3) is 4.15. The number of methoxy groups -OCH3 is 1. The lowest BCUT2D eigenvalue weighted by Crippen LogP contribution is -2.20. The molecule has 0 aliphatic carbocycles. The van der Waals surface area contributed by atoms with E-state index in [1.807, 2.05) is 0 Å². The van der Waals surface area contributed by atoms with Gasteiger partial charge in [0.2, 0.25) is 0 Å². The van der Waals surface area contributed by atoms with Crippen molar-refractivity contribution in [2.24, 2.45) is 0 Å². The van der Waals surface area contributed by atoms with Crippen molar-refractivity contribution in [3.05, 3.63) is 17.5 Å². The molecule has 0 N–H and O–H groups in total. The molecule has 1 rings (SSSR count). The molecule has 108 valence electrons. The molecule has 0 amide bonds. The quantitative estimate of drug-likeness (QED) is 0.610. The molecule has 0 atom stereocenters. The number of hydrogen-bond donors (Lipinski definition) is 0. The van der Waals surface area contributed by atoms with Crippen LogP contribution in [0.1, 0.15) is 11.4 Å². The van der Waals surface area contributed by atoms with Gasteiger partial charge < -0.3 is 9.47 Å². The van der Waals surface area contributed by atoms with Gasteiger partial charge in [-0.25, -0.2) is 4.98 Å². The Morgan fingerprint density at radius 1 is 1.21 bits per heavy atom. The van der Waals surface area contributed by atoms with Crippen molar-refractivity contribution in [1.82, 2.24) is 4.98 Å². The van der Waals surface area contributed by atoms with Gasteiger partial charge >= 0.3 is 12.5 Å². The van der Waals surface area contributed by atoms with Crippen molar-refractivity contribution < 1.29 is 35.8 Å². The van der Waals surface area contributed by atoms with Gasteiger partial charge in [0.1, 0.15) is 0 Å². The maximum absolute atomic E-state index is 12.7. The van der Waals surface area contributed by atoms with E-state index in [0.717, 1.165) is 13.2 Å². The lowest BCUT2D eigenvalue weighted by Gasteiger charge is -2.17. The first kappa shape index (κ1) is 15.9. The Morgan fingerprint density at radius 2 is 1.79 bits per heavy atom. The molecule has 0 aromatic carbocycles. The zero-order valence-electron chi connectivity index (χ0n) is 9.19. The maximum atomic E-state index is 12.7. The number of nitrogens with zero attached hydrogens (tertiary/aromatic N) is 1. The molecule has 0 saturated heterocycles. The third-order valence-electron chi connectivity index (χ3n) is 1.83. The number of aromatic nitrogens is 1. The van der Waals surface area contributed by atoms with E-state index in [1.54, 1.807) is 0 Å². The van der Waals surface area contributed by atoms with Gasteiger partial charge in [-0.15, -0.1) is 13.2 Å². The van der Waals surface area contributed by atoms with Crippen molar-refractivity contribution in [2.45, 2.75) is 17.9 Å². The summed E-state index contributed by atoms with van der Waals surface area (Å²) in [5, 5.41) is -0.172. The highest BCUT2D eigenvalue weighted by molar-refractivity contribution is 9.08. The van der Waals surface area contributed by atoms with Crippen molar-refractivity contribution in [3.8, 4) is 11.5 Å². The normalized spacial score (nSPS) is 12.4. The van der Waals surface area contributed by atoms with E-state index in [9.17, 15) is 26.3 Å². The topological polar surface area (TPSA) is 31.4 Å². The van der Waals surface area contributed by atoms with Gasteiger partial charge in [-0.2, -0.15) is 13.2 Å². The van der Waals surface area contributed by atoms with E-state index < -0.39 is 29.7 Å². The van der Waals surface area contributed by atoms with E-state index in [1.165, 1.54) is 0 Å². The van der Waals surface area contributed by atoms with Gasteiger partial charge in [-0.3, -0.25) is 0 Å². The fraction of sp³-hybridized carbons (Fsp3) is 0.444. The van der Waals surface area contributed by atoms with E-state index in [2.05, 4.69) is 30.4 Å². The molecule has 0 radical (unpaired) electrons. The minimum atomic E-state index is -5.14. The predicted octanol–water partition coefficient (Wildman–Crippen LogP) is 3.90. The maximum Gasteiger partial charge on any atom is 0.573 e. The number of pyridine rings is 1. The summed E-state index contributed by atoms with van der Waals surface area (Å²) in [6, 6.07) is 0.719. The monoisotopic (exact) mass is 353 g/mol. The highest BCUT2D eigenvalue weighted by Crippen LogP contribution is 2.42. The summed E-state index contributed by atoms with van der Waals surface area (Å²) in [6.45, 7) is 0. The van der Waals surface area contributed by atoms with Crippen molar-refractivity contribution >= 4 is 15.9 Å². The van der Waals surface area contributed by atoms with Crippen LogP contribution in [0.3, 0.4) is 0 Å². The molecule has 19 heavy (non-hydrogen) atoms. The Morgan fingerprint density at radius 3 is 2.16 bits per heavy atom. The molecule has 10 heteroatoms. The van der Waals surface area contributed by atoms with Gasteiger partial charge in [0, 0.05) is 11.4 Å². The van der Waals surface area contributed by atoms with Gasteiger partial charge in [0.05, 0.1) is 12.8 Å². The van der Waals surface area contributed by atoms with Gasteiger partial charge in [-0.05, 0) is 0 Å². The second kappa shape index (κ2) is 5.43. The summed E-state index contributed by atoms with van der Waals surface area (Å²) in [7, 11) is 0.795. The average molecular weight is 354 g/mol. The van der Waals surface area contributed by atoms with Crippen molar-refractivity contribution in [3.63, 3.8) is 0 Å². The Labute approximate surface area is 111 Å². The summed E-state index contributed by atoms with van der Waals surface area (Å²) >= 11 is 2.81. The van der Waals surface area contributed by atoms with Crippen LogP contribution < -0.4 is 9.47 Å². The van der Waals surface area contributed by atoms with Crippen LogP contribution in [0.2, 0.25) is 0 Å². The molecule has 1 aromatic rings. The fourth-order valence-electron chi connectivity index (χ4n) is 1.22. The van der Waals surface area contributed by atoms with Crippen LogP contribution in [0.4, 0.5) is 26.3 Å². The van der Waals surface area contributed by atoms with Crippen molar-refractivity contribution in [2.75, 3.05) is 7.11 Å². The fourth-order valence-corrected chi connectivity index (χ4v) is 1.51. The molecule has 0 aliphatic heterocycles. The molecule has 0 bridgehead atoms. The second-order valence-corrected chi connectivity index (χ2v) is 3.73. The SMILES string of the molecule is COc1c(OC(F)(F)F)cc(CBr)nc1C(F)(F)F. The molecule has 0 spiro atoms. The van der Waals surface area contributed by atoms with E-state index in [-0.39, 0.29) is 11.0 Å². The molecule has 1 aromatic heterocycles. The number of hydrogen-bond acceptors (Lipinski definition) is 3. The zero-order valence-corrected chi connectivity index (χ0v) is 10.8. The highest BCUT2D eigenvalue weighted by Gasteiger charge is 2.41. The van der Waals surface area contributed by atoms with E-state index in [4.69, 9.17) is 0 Å². The highest BCUT2D eigenvalue weighted by atomic mass is 79.9. The number of alkyl halides is 7. The Kier molecular flexibility index (Phi) is 4.54. The number of rotatable bonds is 3. The van der Waals surface area contributed by atoms with Gasteiger partial charge in [0.15, 0.2) is 17.2 Å². The minimum absolute atomic E-state index is 0.172. The average Bonchev–Trinajstić information content (AvgIpc) is 2.24. The summed E-state index contributed by atoms with van der Waals surface area (Å²) in [5.41, 5.74) is -1.85. The summed E-state index contributed by atoms with van der Waals surface area (Å²) < 4.78 is 82.2. The summed E-state index contributed by atoms with van der Waals surface area (Å²) in [5.74, 6) is -2.21. The Bertz CT molecular complexity index is 459. The van der Waals surface area contributed by atoms with Gasteiger partial charge in [0.25, 0.3) is 0 Å². The molecule has 1 heterocycles. The predicted molar refractivity (Wildman–Crippen MR) is 55.1 cm³/mol. The first-order valence-electron chi connectivity index (χ1n) is 4.55. The van der Waals surface area contributed by atoms with Gasteiger partial charge in [-0.1, -0.05) is 15.9 Å². The number of halogens is 7. The second-order valence-electron chi connectivity index (χ2n) is 3.17. The molecule has 0 unspecified atom stereocenters. The summed E-state index contributed by atoms with van der Waals surface area (Å²) in [6.07, 6.45) is -10.1. The number of ether oxygens (including phenoxy) is 2. The first-order valence-corrected chi connectivity index (χ1v) is 5.67. The van der Waals surface area contributed by atoms with E-state index in [0.29, 0.717) is 0 Å². The summed E-state index contributed by atoms with van der Waals surface area (Å²) in [4.78, 5) is 3.18. The Hall–Kier alpha value is -1.19. The molecule has 0 fully saturated rings. The lowest BCUT2D eigenvalue weighted by molar-refractivity contribution is -0.275. The van der Waals surface area contributed by atoms with Crippen LogP contribution in [0.15, 0.2) is 6.07 Å². The molecule has 0 aliphatic rings. The lowest BCUT2D eigenvalue weighted by atomic mass is 10.2. The molecular weight excluding hydrogens is 348 g/mol. The van der Waals surface area contributed by atoms with Crippen molar-refractivity contribution in [1.29, 1.82) is 0 Å². The third-order valence-corrected chi connectivity index (χ3v) is 2.40. The van der Waals surface area contributed by atoms with Crippen LogP contribution >= 0.6 is 15.9 Å². The molecule has 0 saturated carbocycles. The molecule has 3 nitrogen and oxygen atoms in total. The van der Waals surface area contributed by atoms with Crippen LogP contribution in [0, 0.1) is 0 Å². The first-order chi connectivity index (χ1) is 8.58. The van der Waals surface area contributed by atoms with Crippen LogP contribution in [0.25, 0.3) is 0 Å². The van der Waals surface area contributed by atoms with Crippen LogP contribution in [-0.4, -0.2) is 18.5 Å².